The maximum absolute atomic E-state index is 10.8. The molecule has 78 valence electrons. The Balaban J connectivity index is 5.34. The van der Waals surface area contributed by atoms with E-state index in [2.05, 4.69) is 16.7 Å². The Hall–Kier alpha value is -1.65. The van der Waals surface area contributed by atoms with E-state index in [1.165, 1.54) is 14.2 Å². The molecule has 5 heteroatoms. The maximum atomic E-state index is 10.8. The fourth-order valence-corrected chi connectivity index (χ4v) is 0.990. The van der Waals surface area contributed by atoms with Crippen molar-refractivity contribution in [2.75, 3.05) is 14.2 Å². The number of rotatable bonds is 5. The monoisotopic (exact) mass is 198 g/mol. The highest BCUT2D eigenvalue weighted by atomic mass is 16.5. The summed E-state index contributed by atoms with van der Waals surface area (Å²) < 4.78 is 4.94. The molecule has 14 heavy (non-hydrogen) atoms. The first-order valence-corrected chi connectivity index (χ1v) is 4.06. The standard InChI is InChI=1S/C9H14N2O3/c1-5-6(10-2)8(14-4)7(11-3)9(12)13/h2,5H2,1,3-4H3,(H,12,13)/b8-6+,11-7?. The lowest BCUT2D eigenvalue weighted by Crippen LogP contribution is -2.18. The average Bonchev–Trinajstić information content (AvgIpc) is 2.17. The second-order valence-electron chi connectivity index (χ2n) is 2.37. The number of aliphatic imine (C=N–C) groups is 2. The summed E-state index contributed by atoms with van der Waals surface area (Å²) in [6.45, 7) is 5.17. The molecule has 0 rings (SSSR count). The topological polar surface area (TPSA) is 71.2 Å². The molecule has 0 heterocycles. The van der Waals surface area contributed by atoms with E-state index in [9.17, 15) is 4.79 Å². The number of aliphatic carboxylic acids is 1. The first-order chi connectivity index (χ1) is 6.62. The van der Waals surface area contributed by atoms with Crippen molar-refractivity contribution < 1.29 is 14.6 Å². The summed E-state index contributed by atoms with van der Waals surface area (Å²) in [5.41, 5.74) is 0.340. The van der Waals surface area contributed by atoms with Gasteiger partial charge in [0.25, 0.3) is 0 Å². The third-order valence-electron chi connectivity index (χ3n) is 1.63. The molecular formula is C9H14N2O3. The Morgan fingerprint density at radius 3 is 2.36 bits per heavy atom. The number of carbonyl (C=O) groups is 1. The fraction of sp³-hybridized carbons (Fsp3) is 0.444. The van der Waals surface area contributed by atoms with Crippen molar-refractivity contribution in [3.63, 3.8) is 0 Å². The van der Waals surface area contributed by atoms with Gasteiger partial charge in [-0.15, -0.1) is 0 Å². The van der Waals surface area contributed by atoms with Crippen LogP contribution in [0.2, 0.25) is 0 Å². The average molecular weight is 198 g/mol. The number of nitrogens with zero attached hydrogens (tertiary/aromatic N) is 2. The van der Waals surface area contributed by atoms with Crippen molar-refractivity contribution >= 4 is 18.4 Å². The molecule has 0 aromatic carbocycles. The van der Waals surface area contributed by atoms with E-state index in [1.54, 1.807) is 0 Å². The van der Waals surface area contributed by atoms with Crippen LogP contribution in [0.25, 0.3) is 0 Å². The zero-order chi connectivity index (χ0) is 11.1. The summed E-state index contributed by atoms with van der Waals surface area (Å²) in [5, 5.41) is 8.81. The van der Waals surface area contributed by atoms with Gasteiger partial charge in [-0.3, -0.25) is 9.98 Å². The highest BCUT2D eigenvalue weighted by Crippen LogP contribution is 2.12. The van der Waals surface area contributed by atoms with E-state index in [1.807, 2.05) is 6.92 Å². The van der Waals surface area contributed by atoms with Gasteiger partial charge in [0.05, 0.1) is 12.8 Å². The van der Waals surface area contributed by atoms with Crippen LogP contribution in [0.5, 0.6) is 0 Å². The lowest BCUT2D eigenvalue weighted by atomic mass is 10.2. The van der Waals surface area contributed by atoms with Crippen molar-refractivity contribution in [2.45, 2.75) is 13.3 Å². The van der Waals surface area contributed by atoms with Crippen molar-refractivity contribution in [3.8, 4) is 0 Å². The quantitative estimate of drug-likeness (QED) is 0.531. The molecule has 0 radical (unpaired) electrons. The van der Waals surface area contributed by atoms with E-state index in [0.717, 1.165) is 0 Å². The molecule has 5 nitrogen and oxygen atoms in total. The van der Waals surface area contributed by atoms with Crippen molar-refractivity contribution in [2.24, 2.45) is 9.98 Å². The minimum Gasteiger partial charge on any atom is -0.492 e. The number of carboxylic acid groups (broad SMARTS) is 1. The van der Waals surface area contributed by atoms with Gasteiger partial charge in [0.15, 0.2) is 11.5 Å². The lowest BCUT2D eigenvalue weighted by Gasteiger charge is -2.08. The first-order valence-electron chi connectivity index (χ1n) is 4.06. The van der Waals surface area contributed by atoms with E-state index < -0.39 is 5.97 Å². The highest BCUT2D eigenvalue weighted by molar-refractivity contribution is 6.42. The summed E-state index contributed by atoms with van der Waals surface area (Å²) in [6, 6.07) is 0. The highest BCUT2D eigenvalue weighted by Gasteiger charge is 2.18. The maximum Gasteiger partial charge on any atom is 0.358 e. The summed E-state index contributed by atoms with van der Waals surface area (Å²) in [5.74, 6) is -0.976. The zero-order valence-corrected chi connectivity index (χ0v) is 8.57. The predicted molar refractivity (Wildman–Crippen MR) is 54.9 cm³/mol. The van der Waals surface area contributed by atoms with Crippen molar-refractivity contribution in [1.29, 1.82) is 0 Å². The Bertz CT molecular complexity index is 290. The Morgan fingerprint density at radius 2 is 2.14 bits per heavy atom. The van der Waals surface area contributed by atoms with Crippen LogP contribution in [0.4, 0.5) is 0 Å². The Morgan fingerprint density at radius 1 is 1.57 bits per heavy atom. The molecule has 0 saturated heterocycles. The van der Waals surface area contributed by atoms with Gasteiger partial charge in [0, 0.05) is 7.05 Å². The molecule has 0 aliphatic rings. The summed E-state index contributed by atoms with van der Waals surface area (Å²) in [6.07, 6.45) is 0.541. The molecule has 0 spiro atoms. The Kier molecular flexibility index (Phi) is 5.21. The van der Waals surface area contributed by atoms with E-state index >= 15 is 0 Å². The van der Waals surface area contributed by atoms with Gasteiger partial charge >= 0.3 is 5.97 Å². The van der Waals surface area contributed by atoms with Gasteiger partial charge in [0.2, 0.25) is 0 Å². The van der Waals surface area contributed by atoms with Gasteiger partial charge in [-0.25, -0.2) is 4.79 Å². The summed E-state index contributed by atoms with van der Waals surface area (Å²) >= 11 is 0. The van der Waals surface area contributed by atoms with Gasteiger partial charge in [-0.05, 0) is 13.1 Å². The first kappa shape index (κ1) is 12.3. The SMILES string of the molecule is C=N/C(CC)=C(/OC)C(=NC)C(=O)O. The molecule has 0 amide bonds. The van der Waals surface area contributed by atoms with Gasteiger partial charge in [0.1, 0.15) is 0 Å². The number of allylic oxidation sites excluding steroid dienone is 1. The minimum atomic E-state index is -1.14. The molecule has 0 fully saturated rings. The fourth-order valence-electron chi connectivity index (χ4n) is 0.990. The second-order valence-corrected chi connectivity index (χ2v) is 2.37. The van der Waals surface area contributed by atoms with E-state index in [-0.39, 0.29) is 11.5 Å². The molecule has 0 atom stereocenters. The van der Waals surface area contributed by atoms with Crippen molar-refractivity contribution in [3.05, 3.63) is 11.5 Å². The third kappa shape index (κ3) is 2.69. The van der Waals surface area contributed by atoms with Gasteiger partial charge < -0.3 is 9.84 Å². The summed E-state index contributed by atoms with van der Waals surface area (Å²) in [4.78, 5) is 18.1. The van der Waals surface area contributed by atoms with E-state index in [4.69, 9.17) is 9.84 Å². The number of hydrogen-bond donors (Lipinski definition) is 1. The predicted octanol–water partition coefficient (Wildman–Crippen LogP) is 1.11. The number of methoxy groups -OCH3 is 1. The molecule has 0 aliphatic carbocycles. The molecule has 0 unspecified atom stereocenters. The minimum absolute atomic E-state index is 0.142. The van der Waals surface area contributed by atoms with Crippen LogP contribution in [0, 0.1) is 0 Å². The normalized spacial score (nSPS) is 13.2. The molecular weight excluding hydrogens is 184 g/mol. The van der Waals surface area contributed by atoms with Crippen LogP contribution in [-0.2, 0) is 9.53 Å². The largest absolute Gasteiger partial charge is 0.492 e. The van der Waals surface area contributed by atoms with Crippen LogP contribution >= 0.6 is 0 Å². The third-order valence-corrected chi connectivity index (χ3v) is 1.63. The molecule has 0 aromatic heterocycles. The van der Waals surface area contributed by atoms with Crippen LogP contribution in [0.1, 0.15) is 13.3 Å². The zero-order valence-electron chi connectivity index (χ0n) is 8.57. The van der Waals surface area contributed by atoms with Crippen LogP contribution in [-0.4, -0.2) is 37.7 Å². The second kappa shape index (κ2) is 5.90. The Labute approximate surface area is 82.8 Å². The molecule has 0 aromatic rings. The molecule has 0 saturated carbocycles. The van der Waals surface area contributed by atoms with Crippen LogP contribution in [0.3, 0.4) is 0 Å². The summed E-state index contributed by atoms with van der Waals surface area (Å²) in [7, 11) is 2.77. The van der Waals surface area contributed by atoms with Crippen LogP contribution in [0.15, 0.2) is 21.4 Å². The van der Waals surface area contributed by atoms with Crippen molar-refractivity contribution in [1.82, 2.24) is 0 Å². The smallest absolute Gasteiger partial charge is 0.358 e. The molecule has 0 aliphatic heterocycles. The van der Waals surface area contributed by atoms with Gasteiger partial charge in [-0.1, -0.05) is 6.92 Å². The molecule has 0 bridgehead atoms. The van der Waals surface area contributed by atoms with E-state index in [0.29, 0.717) is 12.1 Å². The number of ether oxygens (including phenoxy) is 1. The van der Waals surface area contributed by atoms with Gasteiger partial charge in [-0.2, -0.15) is 0 Å². The number of carboxylic acids is 1. The molecule has 1 N–H and O–H groups in total. The van der Waals surface area contributed by atoms with Crippen LogP contribution < -0.4 is 0 Å². The lowest BCUT2D eigenvalue weighted by molar-refractivity contribution is -0.129. The number of hydrogen-bond acceptors (Lipinski definition) is 4.